The van der Waals surface area contributed by atoms with Crippen molar-refractivity contribution in [2.24, 2.45) is 0 Å². The average Bonchev–Trinajstić information content (AvgIpc) is 2.52. The normalized spacial score (nSPS) is 12.3. The van der Waals surface area contributed by atoms with Crippen molar-refractivity contribution in [3.8, 4) is 0 Å². The largest absolute Gasteiger partial charge is 0.316 e. The first-order valence-corrected chi connectivity index (χ1v) is 7.77. The Morgan fingerprint density at radius 3 is 2.33 bits per heavy atom. The van der Waals surface area contributed by atoms with Crippen molar-refractivity contribution >= 4 is 0 Å². The number of aryl methyl sites for hydroxylation is 1. The Balaban J connectivity index is 2.15. The van der Waals surface area contributed by atoms with Crippen LogP contribution in [0.5, 0.6) is 0 Å². The molecule has 0 amide bonds. The minimum Gasteiger partial charge on any atom is -0.316 e. The highest BCUT2D eigenvalue weighted by Crippen LogP contribution is 2.21. The highest BCUT2D eigenvalue weighted by atomic mass is 19.1. The van der Waals surface area contributed by atoms with E-state index in [-0.39, 0.29) is 5.82 Å². The number of benzene rings is 2. The van der Waals surface area contributed by atoms with Crippen LogP contribution in [-0.2, 0) is 12.8 Å². The zero-order valence-corrected chi connectivity index (χ0v) is 12.9. The molecule has 2 heteroatoms. The van der Waals surface area contributed by atoms with Gasteiger partial charge in [-0.25, -0.2) is 4.39 Å². The Kier molecular flexibility index (Phi) is 5.94. The quantitative estimate of drug-likeness (QED) is 0.798. The third-order valence-electron chi connectivity index (χ3n) is 3.87. The number of likely N-dealkylation sites (N-methyl/N-ethyl adjacent to an activating group) is 1. The Morgan fingerprint density at radius 2 is 1.71 bits per heavy atom. The fourth-order valence-electron chi connectivity index (χ4n) is 2.58. The van der Waals surface area contributed by atoms with Crippen LogP contribution in [-0.4, -0.2) is 13.1 Å². The molecule has 0 saturated heterocycles. The van der Waals surface area contributed by atoms with E-state index in [2.05, 4.69) is 43.4 Å². The molecule has 21 heavy (non-hydrogen) atoms. The minimum absolute atomic E-state index is 0.157. The van der Waals surface area contributed by atoms with Crippen LogP contribution < -0.4 is 5.32 Å². The summed E-state index contributed by atoms with van der Waals surface area (Å²) in [5.74, 6) is 0.142. The third-order valence-corrected chi connectivity index (χ3v) is 3.87. The summed E-state index contributed by atoms with van der Waals surface area (Å²) < 4.78 is 13.5. The fourth-order valence-corrected chi connectivity index (χ4v) is 2.58. The summed E-state index contributed by atoms with van der Waals surface area (Å²) in [6.07, 6.45) is 1.99. The first kappa shape index (κ1) is 15.7. The first-order chi connectivity index (χ1) is 10.2. The second kappa shape index (κ2) is 7.94. The third kappa shape index (κ3) is 4.68. The summed E-state index contributed by atoms with van der Waals surface area (Å²) in [5.41, 5.74) is 3.72. The molecule has 0 aliphatic carbocycles. The van der Waals surface area contributed by atoms with Crippen molar-refractivity contribution in [2.45, 2.75) is 32.6 Å². The van der Waals surface area contributed by atoms with Gasteiger partial charge in [0.25, 0.3) is 0 Å². The highest BCUT2D eigenvalue weighted by molar-refractivity contribution is 5.27. The molecule has 1 nitrogen and oxygen atoms in total. The van der Waals surface area contributed by atoms with Crippen molar-refractivity contribution < 1.29 is 4.39 Å². The van der Waals surface area contributed by atoms with E-state index in [0.717, 1.165) is 31.5 Å². The number of hydrogen-bond donors (Lipinski definition) is 1. The van der Waals surface area contributed by atoms with E-state index in [4.69, 9.17) is 0 Å². The number of halogens is 1. The molecular formula is C19H24FN. The standard InChI is InChI=1S/C19H24FN/c1-3-15-8-10-16(11-9-15)12-18(14-21-4-2)17-6-5-7-19(20)13-17/h5-11,13,18,21H,3-4,12,14H2,1-2H3. The van der Waals surface area contributed by atoms with Gasteiger partial charge in [-0.05, 0) is 48.2 Å². The maximum Gasteiger partial charge on any atom is 0.123 e. The van der Waals surface area contributed by atoms with Gasteiger partial charge in [0.05, 0.1) is 0 Å². The predicted octanol–water partition coefficient (Wildman–Crippen LogP) is 4.32. The topological polar surface area (TPSA) is 12.0 Å². The molecular weight excluding hydrogens is 261 g/mol. The van der Waals surface area contributed by atoms with E-state index < -0.39 is 0 Å². The molecule has 2 aromatic rings. The lowest BCUT2D eigenvalue weighted by atomic mass is 9.91. The lowest BCUT2D eigenvalue weighted by Gasteiger charge is -2.18. The SMILES string of the molecule is CCNCC(Cc1ccc(CC)cc1)c1cccc(F)c1. The summed E-state index contributed by atoms with van der Waals surface area (Å²) in [7, 11) is 0. The summed E-state index contributed by atoms with van der Waals surface area (Å²) in [6, 6.07) is 15.7. The van der Waals surface area contributed by atoms with Crippen LogP contribution in [0, 0.1) is 5.82 Å². The highest BCUT2D eigenvalue weighted by Gasteiger charge is 2.12. The molecule has 2 rings (SSSR count). The Labute approximate surface area is 127 Å². The molecule has 1 unspecified atom stereocenters. The monoisotopic (exact) mass is 285 g/mol. The maximum atomic E-state index is 13.5. The Hall–Kier alpha value is -1.67. The molecule has 1 atom stereocenters. The molecule has 112 valence electrons. The Bertz CT molecular complexity index is 548. The van der Waals surface area contributed by atoms with Gasteiger partial charge in [-0.3, -0.25) is 0 Å². The molecule has 0 aliphatic heterocycles. The second-order valence-electron chi connectivity index (χ2n) is 5.43. The van der Waals surface area contributed by atoms with Gasteiger partial charge in [-0.15, -0.1) is 0 Å². The zero-order valence-electron chi connectivity index (χ0n) is 12.9. The summed E-state index contributed by atoms with van der Waals surface area (Å²) >= 11 is 0. The van der Waals surface area contributed by atoms with Gasteiger partial charge >= 0.3 is 0 Å². The van der Waals surface area contributed by atoms with Crippen LogP contribution in [0.2, 0.25) is 0 Å². The van der Waals surface area contributed by atoms with E-state index in [0.29, 0.717) is 5.92 Å². The van der Waals surface area contributed by atoms with Gasteiger partial charge < -0.3 is 5.32 Å². The van der Waals surface area contributed by atoms with Crippen LogP contribution in [0.1, 0.15) is 36.5 Å². The van der Waals surface area contributed by atoms with Crippen molar-refractivity contribution in [3.63, 3.8) is 0 Å². The van der Waals surface area contributed by atoms with Crippen LogP contribution in [0.25, 0.3) is 0 Å². The van der Waals surface area contributed by atoms with Crippen LogP contribution in [0.15, 0.2) is 48.5 Å². The summed E-state index contributed by atoms with van der Waals surface area (Å²) in [5, 5.41) is 3.39. The molecule has 0 heterocycles. The summed E-state index contributed by atoms with van der Waals surface area (Å²) in [6.45, 7) is 6.06. The number of nitrogens with one attached hydrogen (secondary N) is 1. The van der Waals surface area contributed by atoms with Gasteiger partial charge in [0.1, 0.15) is 5.82 Å². The van der Waals surface area contributed by atoms with Crippen molar-refractivity contribution in [1.29, 1.82) is 0 Å². The predicted molar refractivity (Wildman–Crippen MR) is 87.2 cm³/mol. The molecule has 0 aliphatic rings. The van der Waals surface area contributed by atoms with Crippen molar-refractivity contribution in [1.82, 2.24) is 5.32 Å². The van der Waals surface area contributed by atoms with Gasteiger partial charge in [0.15, 0.2) is 0 Å². The van der Waals surface area contributed by atoms with Crippen LogP contribution in [0.3, 0.4) is 0 Å². The van der Waals surface area contributed by atoms with Gasteiger partial charge in [-0.2, -0.15) is 0 Å². The molecule has 2 aromatic carbocycles. The molecule has 0 fully saturated rings. The molecule has 0 aromatic heterocycles. The number of hydrogen-bond acceptors (Lipinski definition) is 1. The van der Waals surface area contributed by atoms with E-state index in [1.165, 1.54) is 17.2 Å². The van der Waals surface area contributed by atoms with Crippen LogP contribution >= 0.6 is 0 Å². The van der Waals surface area contributed by atoms with E-state index >= 15 is 0 Å². The first-order valence-electron chi connectivity index (χ1n) is 7.77. The summed E-state index contributed by atoms with van der Waals surface area (Å²) in [4.78, 5) is 0. The second-order valence-corrected chi connectivity index (χ2v) is 5.43. The van der Waals surface area contributed by atoms with E-state index in [1.807, 2.05) is 6.07 Å². The molecule has 0 saturated carbocycles. The Morgan fingerprint density at radius 1 is 1.00 bits per heavy atom. The number of rotatable bonds is 7. The fraction of sp³-hybridized carbons (Fsp3) is 0.368. The molecule has 0 radical (unpaired) electrons. The lowest BCUT2D eigenvalue weighted by Crippen LogP contribution is -2.22. The van der Waals surface area contributed by atoms with Crippen LogP contribution in [0.4, 0.5) is 4.39 Å². The molecule has 0 bridgehead atoms. The van der Waals surface area contributed by atoms with Gasteiger partial charge in [0.2, 0.25) is 0 Å². The van der Waals surface area contributed by atoms with Gasteiger partial charge in [-0.1, -0.05) is 50.2 Å². The average molecular weight is 285 g/mol. The minimum atomic E-state index is -0.157. The van der Waals surface area contributed by atoms with E-state index in [1.54, 1.807) is 12.1 Å². The molecule has 1 N–H and O–H groups in total. The zero-order chi connectivity index (χ0) is 15.1. The maximum absolute atomic E-state index is 13.5. The van der Waals surface area contributed by atoms with Crippen molar-refractivity contribution in [3.05, 3.63) is 71.0 Å². The molecule has 0 spiro atoms. The van der Waals surface area contributed by atoms with Gasteiger partial charge in [0, 0.05) is 12.5 Å². The van der Waals surface area contributed by atoms with E-state index in [9.17, 15) is 4.39 Å². The smallest absolute Gasteiger partial charge is 0.123 e. The van der Waals surface area contributed by atoms with Crippen molar-refractivity contribution in [2.75, 3.05) is 13.1 Å². The lowest BCUT2D eigenvalue weighted by molar-refractivity contribution is 0.583.